The predicted molar refractivity (Wildman–Crippen MR) is 71.8 cm³/mol. The number of rotatable bonds is 7. The van der Waals surface area contributed by atoms with Crippen LogP contribution in [0.25, 0.3) is 0 Å². The van der Waals surface area contributed by atoms with E-state index >= 15 is 0 Å². The smallest absolute Gasteiger partial charge is 0.303 e. The van der Waals surface area contributed by atoms with Crippen LogP contribution in [0.3, 0.4) is 0 Å². The SMILES string of the molecule is CC(C)C[C@H](CNC(=O)c1ccncc1)CC(=O)O. The van der Waals surface area contributed by atoms with Crippen LogP contribution in [0, 0.1) is 11.8 Å². The topological polar surface area (TPSA) is 79.3 Å². The second-order valence-corrected chi connectivity index (χ2v) is 5.04. The molecule has 0 fully saturated rings. The van der Waals surface area contributed by atoms with Crippen LogP contribution in [0.15, 0.2) is 24.5 Å². The van der Waals surface area contributed by atoms with Gasteiger partial charge in [-0.2, -0.15) is 0 Å². The summed E-state index contributed by atoms with van der Waals surface area (Å²) in [6.07, 6.45) is 3.97. The van der Waals surface area contributed by atoms with Crippen LogP contribution >= 0.6 is 0 Å². The van der Waals surface area contributed by atoms with Gasteiger partial charge >= 0.3 is 5.97 Å². The molecule has 0 bridgehead atoms. The molecule has 1 amide bonds. The van der Waals surface area contributed by atoms with Crippen LogP contribution in [0.1, 0.15) is 37.0 Å². The normalized spacial score (nSPS) is 12.2. The molecular formula is C14H20N2O3. The number of aromatic nitrogens is 1. The standard InChI is InChI=1S/C14H20N2O3/c1-10(2)7-11(8-13(17)18)9-16-14(19)12-3-5-15-6-4-12/h3-6,10-11H,7-9H2,1-2H3,(H,16,19)(H,17,18)/t11-/m0/s1. The van der Waals surface area contributed by atoms with Crippen molar-refractivity contribution in [3.63, 3.8) is 0 Å². The summed E-state index contributed by atoms with van der Waals surface area (Å²) in [4.78, 5) is 26.5. The third-order valence-electron chi connectivity index (χ3n) is 2.76. The second kappa shape index (κ2) is 7.51. The molecule has 1 atom stereocenters. The average Bonchev–Trinajstić information content (AvgIpc) is 2.35. The number of pyridine rings is 1. The van der Waals surface area contributed by atoms with Crippen molar-refractivity contribution in [1.82, 2.24) is 10.3 Å². The van der Waals surface area contributed by atoms with E-state index in [1.807, 2.05) is 13.8 Å². The molecule has 0 spiro atoms. The number of nitrogens with zero attached hydrogens (tertiary/aromatic N) is 1. The molecule has 1 aromatic heterocycles. The average molecular weight is 264 g/mol. The van der Waals surface area contributed by atoms with Gasteiger partial charge in [-0.3, -0.25) is 14.6 Å². The largest absolute Gasteiger partial charge is 0.481 e. The molecule has 19 heavy (non-hydrogen) atoms. The van der Waals surface area contributed by atoms with Crippen LogP contribution in [0.2, 0.25) is 0 Å². The molecule has 0 saturated heterocycles. The molecule has 0 radical (unpaired) electrons. The maximum Gasteiger partial charge on any atom is 0.303 e. The molecule has 0 saturated carbocycles. The third-order valence-corrected chi connectivity index (χ3v) is 2.76. The fourth-order valence-electron chi connectivity index (χ4n) is 1.99. The molecule has 0 aliphatic heterocycles. The quantitative estimate of drug-likeness (QED) is 0.789. The van der Waals surface area contributed by atoms with Crippen molar-refractivity contribution in [3.05, 3.63) is 30.1 Å². The zero-order chi connectivity index (χ0) is 14.3. The Labute approximate surface area is 113 Å². The molecule has 0 aliphatic carbocycles. The number of carbonyl (C=O) groups is 2. The summed E-state index contributed by atoms with van der Waals surface area (Å²) in [5.74, 6) is -0.657. The number of amides is 1. The van der Waals surface area contributed by atoms with Crippen LogP contribution in [-0.2, 0) is 4.79 Å². The Bertz CT molecular complexity index is 418. The lowest BCUT2D eigenvalue weighted by molar-refractivity contribution is -0.138. The minimum absolute atomic E-state index is 0.0386. The highest BCUT2D eigenvalue weighted by atomic mass is 16.4. The monoisotopic (exact) mass is 264 g/mol. The van der Waals surface area contributed by atoms with Gasteiger partial charge in [-0.05, 0) is 30.4 Å². The Kier molecular flexibility index (Phi) is 5.99. The first-order chi connectivity index (χ1) is 8.99. The molecule has 1 rings (SSSR count). The Morgan fingerprint density at radius 3 is 2.47 bits per heavy atom. The van der Waals surface area contributed by atoms with E-state index in [1.54, 1.807) is 24.5 Å². The van der Waals surface area contributed by atoms with E-state index in [9.17, 15) is 9.59 Å². The van der Waals surface area contributed by atoms with Crippen molar-refractivity contribution in [2.24, 2.45) is 11.8 Å². The minimum Gasteiger partial charge on any atom is -0.481 e. The fraction of sp³-hybridized carbons (Fsp3) is 0.500. The van der Waals surface area contributed by atoms with Crippen molar-refractivity contribution in [1.29, 1.82) is 0 Å². The summed E-state index contributed by atoms with van der Waals surface area (Å²) >= 11 is 0. The van der Waals surface area contributed by atoms with E-state index < -0.39 is 5.97 Å². The number of nitrogens with one attached hydrogen (secondary N) is 1. The first-order valence-corrected chi connectivity index (χ1v) is 6.39. The van der Waals surface area contributed by atoms with Crippen molar-refractivity contribution < 1.29 is 14.7 Å². The van der Waals surface area contributed by atoms with Gasteiger partial charge in [0.2, 0.25) is 0 Å². The van der Waals surface area contributed by atoms with Gasteiger partial charge in [0.05, 0.1) is 0 Å². The Hall–Kier alpha value is -1.91. The number of carboxylic acid groups (broad SMARTS) is 1. The maximum absolute atomic E-state index is 11.8. The molecular weight excluding hydrogens is 244 g/mol. The third kappa shape index (κ3) is 5.99. The van der Waals surface area contributed by atoms with Gasteiger partial charge in [-0.15, -0.1) is 0 Å². The molecule has 0 aliphatic rings. The highest BCUT2D eigenvalue weighted by Gasteiger charge is 2.16. The highest BCUT2D eigenvalue weighted by molar-refractivity contribution is 5.93. The molecule has 1 heterocycles. The van der Waals surface area contributed by atoms with E-state index in [0.29, 0.717) is 18.0 Å². The van der Waals surface area contributed by atoms with Gasteiger partial charge in [0, 0.05) is 30.9 Å². The van der Waals surface area contributed by atoms with E-state index in [-0.39, 0.29) is 18.2 Å². The molecule has 2 N–H and O–H groups in total. The summed E-state index contributed by atoms with van der Waals surface area (Å²) in [5.41, 5.74) is 0.536. The van der Waals surface area contributed by atoms with Crippen molar-refractivity contribution in [2.75, 3.05) is 6.54 Å². The second-order valence-electron chi connectivity index (χ2n) is 5.04. The van der Waals surface area contributed by atoms with E-state index in [4.69, 9.17) is 5.11 Å². The van der Waals surface area contributed by atoms with Gasteiger partial charge in [-0.25, -0.2) is 0 Å². The van der Waals surface area contributed by atoms with Gasteiger partial charge in [0.1, 0.15) is 0 Å². The maximum atomic E-state index is 11.8. The number of hydrogen-bond donors (Lipinski definition) is 2. The van der Waals surface area contributed by atoms with Gasteiger partial charge in [0.15, 0.2) is 0 Å². The highest BCUT2D eigenvalue weighted by Crippen LogP contribution is 2.14. The Balaban J connectivity index is 2.51. The summed E-state index contributed by atoms with van der Waals surface area (Å²) < 4.78 is 0. The summed E-state index contributed by atoms with van der Waals surface area (Å²) in [6.45, 7) is 4.46. The summed E-state index contributed by atoms with van der Waals surface area (Å²) in [7, 11) is 0. The fourth-order valence-corrected chi connectivity index (χ4v) is 1.99. The van der Waals surface area contributed by atoms with E-state index in [0.717, 1.165) is 6.42 Å². The number of hydrogen-bond acceptors (Lipinski definition) is 3. The lowest BCUT2D eigenvalue weighted by Crippen LogP contribution is -2.31. The van der Waals surface area contributed by atoms with Crippen molar-refractivity contribution >= 4 is 11.9 Å². The molecule has 104 valence electrons. The lowest BCUT2D eigenvalue weighted by atomic mass is 9.94. The molecule has 1 aromatic rings. The van der Waals surface area contributed by atoms with Gasteiger partial charge < -0.3 is 10.4 Å². The first-order valence-electron chi connectivity index (χ1n) is 6.39. The van der Waals surface area contributed by atoms with Crippen LogP contribution in [0.5, 0.6) is 0 Å². The summed E-state index contributed by atoms with van der Waals surface area (Å²) in [5, 5.41) is 11.6. The number of carbonyl (C=O) groups excluding carboxylic acids is 1. The van der Waals surface area contributed by atoms with Gasteiger partial charge in [-0.1, -0.05) is 13.8 Å². The molecule has 5 heteroatoms. The predicted octanol–water partition coefficient (Wildman–Crippen LogP) is 1.95. The Morgan fingerprint density at radius 1 is 1.32 bits per heavy atom. The zero-order valence-corrected chi connectivity index (χ0v) is 11.3. The molecule has 0 aromatic carbocycles. The number of aliphatic carboxylic acids is 1. The van der Waals surface area contributed by atoms with Crippen LogP contribution in [-0.4, -0.2) is 28.5 Å². The molecule has 0 unspecified atom stereocenters. The van der Waals surface area contributed by atoms with Crippen molar-refractivity contribution in [3.8, 4) is 0 Å². The molecule has 5 nitrogen and oxygen atoms in total. The van der Waals surface area contributed by atoms with E-state index in [2.05, 4.69) is 10.3 Å². The van der Waals surface area contributed by atoms with E-state index in [1.165, 1.54) is 0 Å². The first kappa shape index (κ1) is 15.1. The Morgan fingerprint density at radius 2 is 1.95 bits per heavy atom. The zero-order valence-electron chi connectivity index (χ0n) is 11.3. The lowest BCUT2D eigenvalue weighted by Gasteiger charge is -2.17. The van der Waals surface area contributed by atoms with Crippen LogP contribution < -0.4 is 5.32 Å². The van der Waals surface area contributed by atoms with Crippen LogP contribution in [0.4, 0.5) is 0 Å². The minimum atomic E-state index is -0.830. The summed E-state index contributed by atoms with van der Waals surface area (Å²) in [6, 6.07) is 3.26. The van der Waals surface area contributed by atoms with Gasteiger partial charge in [0.25, 0.3) is 5.91 Å². The number of carboxylic acids is 1. The van der Waals surface area contributed by atoms with Crippen molar-refractivity contribution in [2.45, 2.75) is 26.7 Å².